The molecule has 0 N–H and O–H groups in total. The van der Waals surface area contributed by atoms with Crippen LogP contribution in [0.4, 0.5) is 0 Å². The largest absolute Gasteiger partial charge is 0.345 e. The van der Waals surface area contributed by atoms with Gasteiger partial charge < -0.3 is 9.80 Å². The summed E-state index contributed by atoms with van der Waals surface area (Å²) in [6.07, 6.45) is 2.50. The summed E-state index contributed by atoms with van der Waals surface area (Å²) in [5.74, 6) is 0.0252. The third kappa shape index (κ3) is 2.91. The predicted octanol–water partition coefficient (Wildman–Crippen LogP) is 1.18. The van der Waals surface area contributed by atoms with E-state index in [1.807, 2.05) is 31.3 Å². The summed E-state index contributed by atoms with van der Waals surface area (Å²) in [6.45, 7) is 3.44. The number of piperidine rings is 1. The zero-order valence-electron chi connectivity index (χ0n) is 15.8. The summed E-state index contributed by atoms with van der Waals surface area (Å²) >= 11 is 0. The lowest BCUT2D eigenvalue weighted by atomic mass is 9.78. The third-order valence-corrected chi connectivity index (χ3v) is 5.96. The summed E-state index contributed by atoms with van der Waals surface area (Å²) in [6, 6.07) is 7.34. The molecule has 7 nitrogen and oxygen atoms in total. The molecule has 27 heavy (non-hydrogen) atoms. The molecule has 0 bridgehead atoms. The molecule has 1 atom stereocenters. The van der Waals surface area contributed by atoms with E-state index in [0.29, 0.717) is 36.2 Å². The number of carbonyl (C=O) groups is 2. The van der Waals surface area contributed by atoms with Crippen molar-refractivity contribution in [3.05, 3.63) is 40.3 Å². The van der Waals surface area contributed by atoms with Crippen LogP contribution in [-0.2, 0) is 16.1 Å². The Morgan fingerprint density at radius 1 is 1.19 bits per heavy atom. The minimum Gasteiger partial charge on any atom is -0.345 e. The molecule has 2 aliphatic heterocycles. The fraction of sp³-hybridized carbons (Fsp3) is 0.500. The standard InChI is InChI=1S/C20H24N4O3/c1-14-18(26)24(16-7-4-3-6-15(16)21-14)12-17(25)23-11-9-20(13-23)8-5-10-22(2)19(20)27/h3-4,6-7H,5,8-13H2,1-2H3. The fourth-order valence-corrected chi connectivity index (χ4v) is 4.44. The molecule has 7 heteroatoms. The topological polar surface area (TPSA) is 75.5 Å². The molecule has 142 valence electrons. The molecule has 1 unspecified atom stereocenters. The van der Waals surface area contributed by atoms with E-state index in [1.54, 1.807) is 16.7 Å². The fourth-order valence-electron chi connectivity index (χ4n) is 4.44. The molecule has 3 heterocycles. The lowest BCUT2D eigenvalue weighted by Crippen LogP contribution is -2.49. The number of hydrogen-bond acceptors (Lipinski definition) is 4. The molecule has 1 aromatic heterocycles. The van der Waals surface area contributed by atoms with Gasteiger partial charge >= 0.3 is 0 Å². The second-order valence-corrected chi connectivity index (χ2v) is 7.75. The van der Waals surface area contributed by atoms with Gasteiger partial charge in [-0.3, -0.25) is 19.0 Å². The van der Waals surface area contributed by atoms with Crippen LogP contribution in [-0.4, -0.2) is 57.8 Å². The highest BCUT2D eigenvalue weighted by Gasteiger charge is 2.48. The van der Waals surface area contributed by atoms with E-state index < -0.39 is 5.41 Å². The minimum atomic E-state index is -0.441. The first-order chi connectivity index (χ1) is 12.9. The van der Waals surface area contributed by atoms with Crippen molar-refractivity contribution >= 4 is 22.8 Å². The molecule has 0 radical (unpaired) electrons. The number of hydrogen-bond donors (Lipinski definition) is 0. The molecule has 1 spiro atoms. The van der Waals surface area contributed by atoms with Gasteiger partial charge in [0, 0.05) is 26.7 Å². The second kappa shape index (κ2) is 6.48. The summed E-state index contributed by atoms with van der Waals surface area (Å²) in [4.78, 5) is 46.1. The average Bonchev–Trinajstić information content (AvgIpc) is 3.08. The Labute approximate surface area is 157 Å². The van der Waals surface area contributed by atoms with Gasteiger partial charge in [-0.05, 0) is 38.3 Å². The number of amides is 2. The van der Waals surface area contributed by atoms with Crippen molar-refractivity contribution in [3.8, 4) is 0 Å². The van der Waals surface area contributed by atoms with Gasteiger partial charge in [-0.1, -0.05) is 12.1 Å². The molecule has 2 aliphatic rings. The van der Waals surface area contributed by atoms with Gasteiger partial charge in [0.15, 0.2) is 0 Å². The van der Waals surface area contributed by atoms with Crippen LogP contribution in [0, 0.1) is 12.3 Å². The van der Waals surface area contributed by atoms with Gasteiger partial charge in [-0.15, -0.1) is 0 Å². The van der Waals surface area contributed by atoms with Crippen molar-refractivity contribution in [2.75, 3.05) is 26.7 Å². The normalized spacial score (nSPS) is 22.8. The quantitative estimate of drug-likeness (QED) is 0.798. The summed E-state index contributed by atoms with van der Waals surface area (Å²) in [5, 5.41) is 0. The summed E-state index contributed by atoms with van der Waals surface area (Å²) < 4.78 is 1.50. The van der Waals surface area contributed by atoms with Gasteiger partial charge in [0.2, 0.25) is 11.8 Å². The van der Waals surface area contributed by atoms with Crippen molar-refractivity contribution < 1.29 is 9.59 Å². The van der Waals surface area contributed by atoms with Crippen LogP contribution in [0.5, 0.6) is 0 Å². The van der Waals surface area contributed by atoms with Crippen molar-refractivity contribution in [2.45, 2.75) is 32.7 Å². The smallest absolute Gasteiger partial charge is 0.272 e. The molecule has 0 aliphatic carbocycles. The van der Waals surface area contributed by atoms with E-state index in [-0.39, 0.29) is 23.9 Å². The molecular formula is C20H24N4O3. The number of fused-ring (bicyclic) bond motifs is 1. The molecule has 1 aromatic carbocycles. The van der Waals surface area contributed by atoms with E-state index in [9.17, 15) is 14.4 Å². The van der Waals surface area contributed by atoms with Crippen LogP contribution in [0.2, 0.25) is 0 Å². The van der Waals surface area contributed by atoms with Crippen LogP contribution in [0.15, 0.2) is 29.1 Å². The SMILES string of the molecule is Cc1nc2ccccc2n(CC(=O)N2CCC3(CCCN(C)C3=O)C2)c1=O. The first-order valence-electron chi connectivity index (χ1n) is 9.41. The molecule has 4 rings (SSSR count). The number of benzene rings is 1. The zero-order valence-corrected chi connectivity index (χ0v) is 15.8. The molecular weight excluding hydrogens is 344 g/mol. The van der Waals surface area contributed by atoms with Gasteiger partial charge in [0.1, 0.15) is 12.2 Å². The van der Waals surface area contributed by atoms with E-state index in [1.165, 1.54) is 4.57 Å². The monoisotopic (exact) mass is 368 g/mol. The Bertz CT molecular complexity index is 983. The Morgan fingerprint density at radius 3 is 2.78 bits per heavy atom. The maximum absolute atomic E-state index is 13.0. The molecule has 2 saturated heterocycles. The average molecular weight is 368 g/mol. The first-order valence-corrected chi connectivity index (χ1v) is 9.41. The van der Waals surface area contributed by atoms with Crippen LogP contribution in [0.1, 0.15) is 25.0 Å². The zero-order chi connectivity index (χ0) is 19.2. The van der Waals surface area contributed by atoms with Crippen LogP contribution in [0.25, 0.3) is 11.0 Å². The van der Waals surface area contributed by atoms with Crippen molar-refractivity contribution in [3.63, 3.8) is 0 Å². The number of rotatable bonds is 2. The van der Waals surface area contributed by atoms with E-state index in [2.05, 4.69) is 4.98 Å². The molecule has 0 saturated carbocycles. The summed E-state index contributed by atoms with van der Waals surface area (Å²) in [5.41, 5.74) is 1.05. The Hall–Kier alpha value is -2.70. The maximum Gasteiger partial charge on any atom is 0.272 e. The lowest BCUT2D eigenvalue weighted by molar-refractivity contribution is -0.144. The van der Waals surface area contributed by atoms with E-state index in [0.717, 1.165) is 19.4 Å². The number of aryl methyl sites for hydroxylation is 1. The number of nitrogens with zero attached hydrogens (tertiary/aromatic N) is 4. The predicted molar refractivity (Wildman–Crippen MR) is 101 cm³/mol. The van der Waals surface area contributed by atoms with Crippen molar-refractivity contribution in [1.29, 1.82) is 0 Å². The summed E-state index contributed by atoms with van der Waals surface area (Å²) in [7, 11) is 1.83. The van der Waals surface area contributed by atoms with Crippen molar-refractivity contribution in [2.24, 2.45) is 5.41 Å². The molecule has 2 fully saturated rings. The highest BCUT2D eigenvalue weighted by Crippen LogP contribution is 2.39. The van der Waals surface area contributed by atoms with E-state index in [4.69, 9.17) is 0 Å². The maximum atomic E-state index is 13.0. The minimum absolute atomic E-state index is 0.0250. The highest BCUT2D eigenvalue weighted by atomic mass is 16.2. The van der Waals surface area contributed by atoms with Gasteiger partial charge in [0.05, 0.1) is 16.4 Å². The number of likely N-dealkylation sites (tertiary alicyclic amines) is 2. The second-order valence-electron chi connectivity index (χ2n) is 7.75. The number of para-hydroxylation sites is 2. The van der Waals surface area contributed by atoms with Gasteiger partial charge in [-0.2, -0.15) is 0 Å². The van der Waals surface area contributed by atoms with Crippen molar-refractivity contribution in [1.82, 2.24) is 19.4 Å². The first kappa shape index (κ1) is 17.7. The highest BCUT2D eigenvalue weighted by molar-refractivity contribution is 5.86. The Kier molecular flexibility index (Phi) is 4.25. The molecule has 2 amide bonds. The Balaban J connectivity index is 1.59. The van der Waals surface area contributed by atoms with Crippen LogP contribution in [0.3, 0.4) is 0 Å². The van der Waals surface area contributed by atoms with Crippen LogP contribution < -0.4 is 5.56 Å². The van der Waals surface area contributed by atoms with E-state index >= 15 is 0 Å². The Morgan fingerprint density at radius 2 is 1.96 bits per heavy atom. The number of carbonyl (C=O) groups excluding carboxylic acids is 2. The van der Waals surface area contributed by atoms with Gasteiger partial charge in [-0.25, -0.2) is 4.98 Å². The number of aromatic nitrogens is 2. The third-order valence-electron chi connectivity index (χ3n) is 5.96. The van der Waals surface area contributed by atoms with Gasteiger partial charge in [0.25, 0.3) is 5.56 Å². The lowest BCUT2D eigenvalue weighted by Gasteiger charge is -2.37. The molecule has 2 aromatic rings. The van der Waals surface area contributed by atoms with Crippen LogP contribution >= 0.6 is 0 Å².